The minimum absolute atomic E-state index is 0.0138. The summed E-state index contributed by atoms with van der Waals surface area (Å²) in [6.45, 7) is -1.23. The zero-order valence-electron chi connectivity index (χ0n) is 10.4. The molecule has 1 unspecified atom stereocenters. The first-order chi connectivity index (χ1) is 9.19. The Morgan fingerprint density at radius 3 is 2.40 bits per heavy atom. The van der Waals surface area contributed by atoms with E-state index in [0.29, 0.717) is 0 Å². The van der Waals surface area contributed by atoms with Crippen LogP contribution in [0.5, 0.6) is 0 Å². The molecule has 0 radical (unpaired) electrons. The van der Waals surface area contributed by atoms with Gasteiger partial charge in [-0.25, -0.2) is 0 Å². The minimum atomic E-state index is -5.06. The van der Waals surface area contributed by atoms with Crippen molar-refractivity contribution in [3.05, 3.63) is 0 Å². The molecule has 1 fully saturated rings. The van der Waals surface area contributed by atoms with E-state index in [-0.39, 0.29) is 17.2 Å². The molecule has 5 N–H and O–H groups in total. The van der Waals surface area contributed by atoms with Crippen LogP contribution in [0.25, 0.3) is 0 Å². The molecule has 1 heterocycles. The van der Waals surface area contributed by atoms with Gasteiger partial charge in [0.15, 0.2) is 0 Å². The molecule has 9 nitrogen and oxygen atoms in total. The molecule has 1 aliphatic heterocycles. The molecular formula is C9H18O9SSe. The van der Waals surface area contributed by atoms with Gasteiger partial charge in [-0.3, -0.25) is 0 Å². The van der Waals surface area contributed by atoms with Gasteiger partial charge >= 0.3 is 120 Å². The van der Waals surface area contributed by atoms with Crippen LogP contribution in [0.1, 0.15) is 0 Å². The van der Waals surface area contributed by atoms with Gasteiger partial charge in [0.2, 0.25) is 0 Å². The van der Waals surface area contributed by atoms with Gasteiger partial charge in [0, 0.05) is 0 Å². The van der Waals surface area contributed by atoms with E-state index in [4.69, 9.17) is 5.11 Å². The van der Waals surface area contributed by atoms with Crippen molar-refractivity contribution in [3.63, 3.8) is 0 Å². The fourth-order valence-electron chi connectivity index (χ4n) is 1.99. The fourth-order valence-corrected chi connectivity index (χ4v) is 8.16. The molecule has 0 spiro atoms. The predicted molar refractivity (Wildman–Crippen MR) is 65.9 cm³/mol. The second-order valence-electron chi connectivity index (χ2n) is 4.44. The molecule has 1 saturated heterocycles. The van der Waals surface area contributed by atoms with Crippen LogP contribution in [0.4, 0.5) is 0 Å². The standard InChI is InChI=1S/C9H18O9SSe/c10-1-7(18-19(15,16)17)5(12)3-20-4-6(13)9(14)8(20)2-11/h5-14H,1-4H2/t5-,6-,7+,8-,9+,20?/m1/s1. The number of hydrogen-bond acceptors (Lipinski definition) is 9. The molecule has 0 amide bonds. The zero-order chi connectivity index (χ0) is 15.5. The molecule has 120 valence electrons. The van der Waals surface area contributed by atoms with E-state index >= 15 is 0 Å². The van der Waals surface area contributed by atoms with E-state index in [1.807, 2.05) is 0 Å². The Labute approximate surface area is 120 Å². The van der Waals surface area contributed by atoms with E-state index in [2.05, 4.69) is 4.18 Å². The van der Waals surface area contributed by atoms with Crippen molar-refractivity contribution in [2.45, 2.75) is 39.9 Å². The van der Waals surface area contributed by atoms with Gasteiger partial charge in [0.1, 0.15) is 0 Å². The second-order valence-corrected chi connectivity index (χ2v) is 10.4. The summed E-state index contributed by atoms with van der Waals surface area (Å²) in [5.41, 5.74) is 0. The number of aliphatic hydroxyl groups is 5. The van der Waals surface area contributed by atoms with E-state index < -0.39 is 60.1 Å². The zero-order valence-corrected chi connectivity index (χ0v) is 12.9. The third-order valence-corrected chi connectivity index (χ3v) is 9.41. The van der Waals surface area contributed by atoms with Gasteiger partial charge in [0.05, 0.1) is 0 Å². The molecule has 0 bridgehead atoms. The topological polar surface area (TPSA) is 168 Å². The molecule has 20 heavy (non-hydrogen) atoms. The van der Waals surface area contributed by atoms with Gasteiger partial charge in [-0.1, -0.05) is 0 Å². The molecular weight excluding hydrogens is 363 g/mol. The first-order valence-corrected chi connectivity index (χ1v) is 10.5. The second kappa shape index (κ2) is 7.45. The Bertz CT molecular complexity index is 402. The first-order valence-electron chi connectivity index (χ1n) is 5.76. The first kappa shape index (κ1) is 18.2. The number of hydrogen-bond donors (Lipinski definition) is 5. The van der Waals surface area contributed by atoms with Gasteiger partial charge in [-0.2, -0.15) is 0 Å². The summed E-state index contributed by atoms with van der Waals surface area (Å²) < 4.78 is 35.4. The molecule has 0 aromatic rings. The van der Waals surface area contributed by atoms with Crippen molar-refractivity contribution in [1.82, 2.24) is 0 Å². The average molecular weight is 381 g/mol. The van der Waals surface area contributed by atoms with Crippen LogP contribution < -0.4 is 0 Å². The van der Waals surface area contributed by atoms with E-state index in [0.717, 1.165) is 0 Å². The number of rotatable bonds is 7. The summed E-state index contributed by atoms with van der Waals surface area (Å²) in [5.74, 6) is 0. The van der Waals surface area contributed by atoms with Crippen molar-refractivity contribution in [3.8, 4) is 0 Å². The van der Waals surface area contributed by atoms with Crippen LogP contribution in [0.15, 0.2) is 0 Å². The van der Waals surface area contributed by atoms with Gasteiger partial charge < -0.3 is 0 Å². The summed E-state index contributed by atoms with van der Waals surface area (Å²) in [6, 6.07) is 0. The predicted octanol–water partition coefficient (Wildman–Crippen LogP) is -3.22. The quantitative estimate of drug-likeness (QED) is 0.173. The monoisotopic (exact) mass is 382 g/mol. The maximum atomic E-state index is 10.5. The molecule has 0 aromatic carbocycles. The SMILES string of the molecule is O=S(=O)([O-])O[C@@H](CO)[C@H](O)C[Se+]1C[C@@H](O)[C@H](O)[C@H]1CO. The van der Waals surface area contributed by atoms with Crippen LogP contribution in [-0.4, -0.2) is 90.0 Å². The average Bonchev–Trinajstić information content (AvgIpc) is 2.60. The molecule has 0 aromatic heterocycles. The Morgan fingerprint density at radius 2 is 1.95 bits per heavy atom. The fraction of sp³-hybridized carbons (Fsp3) is 1.00. The molecule has 1 rings (SSSR count). The molecule has 1 aliphatic rings. The van der Waals surface area contributed by atoms with Gasteiger partial charge in [-0.15, -0.1) is 0 Å². The van der Waals surface area contributed by atoms with Gasteiger partial charge in [-0.05, 0) is 0 Å². The Balaban J connectivity index is 2.66. The molecule has 6 atom stereocenters. The Hall–Kier alpha value is 0.189. The third kappa shape index (κ3) is 4.88. The normalized spacial score (nSPS) is 34.1. The van der Waals surface area contributed by atoms with E-state index in [9.17, 15) is 33.4 Å². The van der Waals surface area contributed by atoms with Crippen molar-refractivity contribution in [2.75, 3.05) is 13.2 Å². The summed E-state index contributed by atoms with van der Waals surface area (Å²) in [4.78, 5) is -0.553. The van der Waals surface area contributed by atoms with Crippen molar-refractivity contribution in [2.24, 2.45) is 0 Å². The summed E-state index contributed by atoms with van der Waals surface area (Å²) >= 11 is -1.85. The van der Waals surface area contributed by atoms with Gasteiger partial charge in [0.25, 0.3) is 0 Å². The van der Waals surface area contributed by atoms with Crippen LogP contribution >= 0.6 is 0 Å². The van der Waals surface area contributed by atoms with E-state index in [1.165, 1.54) is 0 Å². The van der Waals surface area contributed by atoms with Crippen LogP contribution in [0, 0.1) is 0 Å². The molecule has 11 heteroatoms. The van der Waals surface area contributed by atoms with Crippen LogP contribution in [0.2, 0.25) is 15.5 Å². The van der Waals surface area contributed by atoms with Crippen molar-refractivity contribution < 1.29 is 42.7 Å². The van der Waals surface area contributed by atoms with Crippen molar-refractivity contribution >= 4 is 24.3 Å². The van der Waals surface area contributed by atoms with E-state index in [1.54, 1.807) is 0 Å². The summed E-state index contributed by atoms with van der Waals surface area (Å²) in [6.07, 6.45) is -5.11. The number of aliphatic hydroxyl groups excluding tert-OH is 5. The molecule has 0 aliphatic carbocycles. The Kier molecular flexibility index (Phi) is 6.80. The molecule has 0 saturated carbocycles. The summed E-state index contributed by atoms with van der Waals surface area (Å²) in [5, 5.41) is 47.3. The maximum absolute atomic E-state index is 10.5. The summed E-state index contributed by atoms with van der Waals surface area (Å²) in [7, 11) is -5.06. The van der Waals surface area contributed by atoms with Crippen molar-refractivity contribution in [1.29, 1.82) is 0 Å². The van der Waals surface area contributed by atoms with Crippen LogP contribution in [0.3, 0.4) is 0 Å². The third-order valence-electron chi connectivity index (χ3n) is 3.00. The van der Waals surface area contributed by atoms with Crippen LogP contribution in [-0.2, 0) is 14.6 Å². The Morgan fingerprint density at radius 1 is 1.35 bits per heavy atom.